The number of carbonyl (C=O) groups excluding carboxylic acids is 1. The van der Waals surface area contributed by atoms with E-state index in [1.807, 2.05) is 6.07 Å². The van der Waals surface area contributed by atoms with Crippen LogP contribution in [0.25, 0.3) is 0 Å². The van der Waals surface area contributed by atoms with Gasteiger partial charge in [0.15, 0.2) is 0 Å². The maximum absolute atomic E-state index is 11.2. The monoisotopic (exact) mass is 205 g/mol. The van der Waals surface area contributed by atoms with Gasteiger partial charge < -0.3 is 10.0 Å². The summed E-state index contributed by atoms with van der Waals surface area (Å²) in [6, 6.07) is 7.13. The highest BCUT2D eigenvalue weighted by Crippen LogP contribution is 2.26. The first-order valence-electron chi connectivity index (χ1n) is 4.78. The fraction of sp³-hybridized carbons (Fsp3) is 0.273. The van der Waals surface area contributed by atoms with Crippen LogP contribution in [0.15, 0.2) is 24.3 Å². The number of carboxylic acids is 1. The van der Waals surface area contributed by atoms with E-state index in [0.29, 0.717) is 18.5 Å². The van der Waals surface area contributed by atoms with Crippen molar-refractivity contribution < 1.29 is 14.7 Å². The predicted molar refractivity (Wildman–Crippen MR) is 54.8 cm³/mol. The molecule has 0 unspecified atom stereocenters. The van der Waals surface area contributed by atoms with Gasteiger partial charge in [-0.2, -0.15) is 0 Å². The summed E-state index contributed by atoms with van der Waals surface area (Å²) in [4.78, 5) is 23.5. The second-order valence-corrected chi connectivity index (χ2v) is 3.49. The molecule has 1 fully saturated rings. The van der Waals surface area contributed by atoms with E-state index in [4.69, 9.17) is 5.11 Å². The number of hydrogen-bond acceptors (Lipinski definition) is 2. The lowest BCUT2D eigenvalue weighted by atomic mass is 10.1. The average Bonchev–Trinajstić information content (AvgIpc) is 2.18. The molecule has 15 heavy (non-hydrogen) atoms. The number of nitrogens with zero attached hydrogens (tertiary/aromatic N) is 1. The molecule has 1 heterocycles. The van der Waals surface area contributed by atoms with Crippen LogP contribution < -0.4 is 4.90 Å². The van der Waals surface area contributed by atoms with Gasteiger partial charge in [0.25, 0.3) is 0 Å². The molecule has 0 radical (unpaired) electrons. The topological polar surface area (TPSA) is 57.6 Å². The van der Waals surface area contributed by atoms with E-state index in [9.17, 15) is 9.59 Å². The van der Waals surface area contributed by atoms with Crippen LogP contribution in [-0.4, -0.2) is 23.5 Å². The molecule has 1 aliphatic heterocycles. The summed E-state index contributed by atoms with van der Waals surface area (Å²) in [5.41, 5.74) is 1.43. The average molecular weight is 205 g/mol. The van der Waals surface area contributed by atoms with Crippen molar-refractivity contribution in [3.63, 3.8) is 0 Å². The van der Waals surface area contributed by atoms with Gasteiger partial charge in [-0.3, -0.25) is 9.59 Å². The molecule has 1 amide bonds. The van der Waals surface area contributed by atoms with Gasteiger partial charge in [-0.15, -0.1) is 0 Å². The summed E-state index contributed by atoms with van der Waals surface area (Å²) < 4.78 is 0. The molecular formula is C11H11NO3. The number of β-lactam (4-membered cyclic amide) rings is 1. The molecule has 4 heteroatoms. The van der Waals surface area contributed by atoms with Crippen LogP contribution in [-0.2, 0) is 16.0 Å². The van der Waals surface area contributed by atoms with E-state index < -0.39 is 5.97 Å². The number of hydrogen-bond donors (Lipinski definition) is 1. The molecule has 1 aliphatic rings. The SMILES string of the molecule is O=C(O)Cc1ccccc1N1CCC1=O. The van der Waals surface area contributed by atoms with Crippen molar-refractivity contribution in [3.8, 4) is 0 Å². The van der Waals surface area contributed by atoms with Gasteiger partial charge in [0.05, 0.1) is 6.42 Å². The molecule has 2 rings (SSSR count). The van der Waals surface area contributed by atoms with Crippen molar-refractivity contribution in [3.05, 3.63) is 29.8 Å². The number of benzene rings is 1. The normalized spacial score (nSPS) is 14.9. The van der Waals surface area contributed by atoms with Gasteiger partial charge in [0.2, 0.25) is 5.91 Å². The highest BCUT2D eigenvalue weighted by Gasteiger charge is 2.27. The highest BCUT2D eigenvalue weighted by atomic mass is 16.4. The van der Waals surface area contributed by atoms with Gasteiger partial charge in [0, 0.05) is 18.7 Å². The van der Waals surface area contributed by atoms with Gasteiger partial charge in [-0.05, 0) is 11.6 Å². The fourth-order valence-electron chi connectivity index (χ4n) is 1.66. The first-order valence-corrected chi connectivity index (χ1v) is 4.78. The first-order chi connectivity index (χ1) is 7.18. The van der Waals surface area contributed by atoms with Gasteiger partial charge in [0.1, 0.15) is 0 Å². The van der Waals surface area contributed by atoms with Crippen LogP contribution in [0, 0.1) is 0 Å². The molecule has 0 aromatic heterocycles. The first kappa shape index (κ1) is 9.71. The molecule has 4 nitrogen and oxygen atoms in total. The number of aliphatic carboxylic acids is 1. The van der Waals surface area contributed by atoms with Crippen LogP contribution in [0.1, 0.15) is 12.0 Å². The van der Waals surface area contributed by atoms with Gasteiger partial charge in [-0.1, -0.05) is 18.2 Å². The standard InChI is InChI=1S/C11H11NO3/c13-10-5-6-12(10)9-4-2-1-3-8(9)7-11(14)15/h1-4H,5-7H2,(H,14,15). The molecule has 1 aromatic carbocycles. The van der Waals surface area contributed by atoms with Crippen LogP contribution in [0.2, 0.25) is 0 Å². The Bertz CT molecular complexity index is 414. The zero-order chi connectivity index (χ0) is 10.8. The highest BCUT2D eigenvalue weighted by molar-refractivity contribution is 6.00. The van der Waals surface area contributed by atoms with Crippen LogP contribution in [0.5, 0.6) is 0 Å². The zero-order valence-electron chi connectivity index (χ0n) is 8.14. The minimum atomic E-state index is -0.879. The maximum Gasteiger partial charge on any atom is 0.307 e. The lowest BCUT2D eigenvalue weighted by Gasteiger charge is -2.32. The van der Waals surface area contributed by atoms with Crippen molar-refractivity contribution in [2.45, 2.75) is 12.8 Å². The minimum absolute atomic E-state index is 0.0417. The Balaban J connectivity index is 2.29. The summed E-state index contributed by atoms with van der Waals surface area (Å²) in [6.07, 6.45) is 0.515. The van der Waals surface area contributed by atoms with E-state index in [1.165, 1.54) is 0 Å². The largest absolute Gasteiger partial charge is 0.481 e. The van der Waals surface area contributed by atoms with Gasteiger partial charge >= 0.3 is 5.97 Å². The van der Waals surface area contributed by atoms with Crippen molar-refractivity contribution in [1.82, 2.24) is 0 Å². The van der Waals surface area contributed by atoms with E-state index in [2.05, 4.69) is 0 Å². The summed E-state index contributed by atoms with van der Waals surface area (Å²) in [7, 11) is 0. The predicted octanol–water partition coefficient (Wildman–Crippen LogP) is 1.05. The molecule has 1 aromatic rings. The molecule has 0 aliphatic carbocycles. The zero-order valence-corrected chi connectivity index (χ0v) is 8.14. The van der Waals surface area contributed by atoms with Crippen LogP contribution in [0.3, 0.4) is 0 Å². The molecule has 78 valence electrons. The summed E-state index contributed by atoms with van der Waals surface area (Å²) in [6.45, 7) is 0.690. The number of amides is 1. The number of rotatable bonds is 3. The molecule has 1 saturated heterocycles. The van der Waals surface area contributed by atoms with Gasteiger partial charge in [-0.25, -0.2) is 0 Å². The van der Waals surface area contributed by atoms with E-state index >= 15 is 0 Å². The summed E-state index contributed by atoms with van der Waals surface area (Å²) in [5, 5.41) is 8.73. The summed E-state index contributed by atoms with van der Waals surface area (Å²) in [5.74, 6) is -0.816. The lowest BCUT2D eigenvalue weighted by Crippen LogP contribution is -2.44. The Labute approximate surface area is 87.1 Å². The summed E-state index contributed by atoms with van der Waals surface area (Å²) >= 11 is 0. The Kier molecular flexibility index (Phi) is 2.41. The minimum Gasteiger partial charge on any atom is -0.481 e. The third kappa shape index (κ3) is 1.83. The van der Waals surface area contributed by atoms with E-state index in [1.54, 1.807) is 23.1 Å². The van der Waals surface area contributed by atoms with E-state index in [-0.39, 0.29) is 12.3 Å². The number of carboxylic acid groups (broad SMARTS) is 1. The second-order valence-electron chi connectivity index (χ2n) is 3.49. The lowest BCUT2D eigenvalue weighted by molar-refractivity contribution is -0.136. The fourth-order valence-corrected chi connectivity index (χ4v) is 1.66. The maximum atomic E-state index is 11.2. The third-order valence-corrected chi connectivity index (χ3v) is 2.47. The molecule has 1 N–H and O–H groups in total. The van der Waals surface area contributed by atoms with Crippen molar-refractivity contribution in [2.75, 3.05) is 11.4 Å². The van der Waals surface area contributed by atoms with Crippen molar-refractivity contribution >= 4 is 17.6 Å². The Morgan fingerprint density at radius 2 is 2.13 bits per heavy atom. The number of carbonyl (C=O) groups is 2. The number of anilines is 1. The third-order valence-electron chi connectivity index (χ3n) is 2.47. The van der Waals surface area contributed by atoms with E-state index in [0.717, 1.165) is 5.69 Å². The molecular weight excluding hydrogens is 194 g/mol. The quantitative estimate of drug-likeness (QED) is 0.750. The van der Waals surface area contributed by atoms with Crippen LogP contribution >= 0.6 is 0 Å². The Hall–Kier alpha value is -1.84. The molecule has 0 bridgehead atoms. The molecule has 0 saturated carbocycles. The van der Waals surface area contributed by atoms with Crippen molar-refractivity contribution in [1.29, 1.82) is 0 Å². The molecule has 0 atom stereocenters. The number of para-hydroxylation sites is 1. The second kappa shape index (κ2) is 3.73. The molecule has 0 spiro atoms. The van der Waals surface area contributed by atoms with Crippen LogP contribution in [0.4, 0.5) is 5.69 Å². The van der Waals surface area contributed by atoms with Crippen molar-refractivity contribution in [2.24, 2.45) is 0 Å². The smallest absolute Gasteiger partial charge is 0.307 e. The Morgan fingerprint density at radius 3 is 2.67 bits per heavy atom. The Morgan fingerprint density at radius 1 is 1.40 bits per heavy atom.